The maximum atomic E-state index is 13.9. The lowest BCUT2D eigenvalue weighted by Crippen LogP contribution is -2.05. The Morgan fingerprint density at radius 3 is 2.81 bits per heavy atom. The Labute approximate surface area is 129 Å². The quantitative estimate of drug-likeness (QED) is 0.680. The van der Waals surface area contributed by atoms with Crippen molar-refractivity contribution in [1.82, 2.24) is 14.5 Å². The summed E-state index contributed by atoms with van der Waals surface area (Å²) in [5.74, 6) is -0.246. The van der Waals surface area contributed by atoms with Crippen LogP contribution in [0.15, 0.2) is 18.3 Å². The van der Waals surface area contributed by atoms with Crippen molar-refractivity contribution in [3.05, 3.63) is 45.7 Å². The van der Waals surface area contributed by atoms with E-state index < -0.39 is 11.6 Å². The molecular weight excluding hydrogens is 316 g/mol. The van der Waals surface area contributed by atoms with Gasteiger partial charge in [0, 0.05) is 29.4 Å². The normalized spacial score (nSPS) is 11.4. The first-order valence-corrected chi connectivity index (χ1v) is 7.75. The predicted octanol–water partition coefficient (Wildman–Crippen LogP) is 3.91. The SMILES string of the molecule is Cc1ncc(Cn2c(CCCl)nc3c(F)cc(F)cc32)s1. The Bertz CT molecular complexity index is 797. The molecule has 3 aromatic rings. The number of alkyl halides is 1. The van der Waals surface area contributed by atoms with E-state index in [2.05, 4.69) is 9.97 Å². The molecule has 0 amide bonds. The van der Waals surface area contributed by atoms with Crippen molar-refractivity contribution in [3.63, 3.8) is 0 Å². The first-order valence-electron chi connectivity index (χ1n) is 6.40. The van der Waals surface area contributed by atoms with Crippen molar-refractivity contribution in [2.24, 2.45) is 0 Å². The van der Waals surface area contributed by atoms with Gasteiger partial charge in [0.25, 0.3) is 0 Å². The summed E-state index contributed by atoms with van der Waals surface area (Å²) in [5.41, 5.74) is 0.622. The van der Waals surface area contributed by atoms with E-state index in [1.54, 1.807) is 22.1 Å². The summed E-state index contributed by atoms with van der Waals surface area (Å²) in [6.07, 6.45) is 2.26. The van der Waals surface area contributed by atoms with Crippen molar-refractivity contribution < 1.29 is 8.78 Å². The second kappa shape index (κ2) is 5.69. The number of nitrogens with zero attached hydrogens (tertiary/aromatic N) is 3. The minimum Gasteiger partial charge on any atom is -0.322 e. The van der Waals surface area contributed by atoms with Gasteiger partial charge in [-0.3, -0.25) is 0 Å². The highest BCUT2D eigenvalue weighted by Gasteiger charge is 2.16. The first kappa shape index (κ1) is 14.4. The molecule has 0 N–H and O–H groups in total. The second-order valence-corrected chi connectivity index (χ2v) is 6.35. The molecule has 0 saturated heterocycles. The lowest BCUT2D eigenvalue weighted by atomic mass is 10.3. The number of aromatic nitrogens is 3. The zero-order valence-electron chi connectivity index (χ0n) is 11.2. The van der Waals surface area contributed by atoms with Gasteiger partial charge < -0.3 is 4.57 Å². The number of halogens is 3. The van der Waals surface area contributed by atoms with Crippen LogP contribution < -0.4 is 0 Å². The smallest absolute Gasteiger partial charge is 0.153 e. The topological polar surface area (TPSA) is 30.7 Å². The van der Waals surface area contributed by atoms with Crippen molar-refractivity contribution in [2.45, 2.75) is 19.9 Å². The number of rotatable bonds is 4. The minimum atomic E-state index is -0.653. The molecule has 3 rings (SSSR count). The van der Waals surface area contributed by atoms with E-state index in [1.165, 1.54) is 6.07 Å². The first-order chi connectivity index (χ1) is 10.1. The Balaban J connectivity index is 2.15. The minimum absolute atomic E-state index is 0.178. The summed E-state index contributed by atoms with van der Waals surface area (Å²) in [6, 6.07) is 2.15. The van der Waals surface area contributed by atoms with Gasteiger partial charge in [-0.2, -0.15) is 0 Å². The average molecular weight is 328 g/mol. The number of benzene rings is 1. The van der Waals surface area contributed by atoms with Gasteiger partial charge in [-0.05, 0) is 13.0 Å². The summed E-state index contributed by atoms with van der Waals surface area (Å²) in [7, 11) is 0. The molecule has 0 radical (unpaired) electrons. The van der Waals surface area contributed by atoms with Gasteiger partial charge >= 0.3 is 0 Å². The predicted molar refractivity (Wildman–Crippen MR) is 80.0 cm³/mol. The zero-order valence-corrected chi connectivity index (χ0v) is 12.8. The van der Waals surface area contributed by atoms with Gasteiger partial charge in [-0.25, -0.2) is 18.7 Å². The highest BCUT2D eigenvalue weighted by atomic mass is 35.5. The third kappa shape index (κ3) is 2.78. The molecule has 1 aromatic carbocycles. The van der Waals surface area contributed by atoms with Gasteiger partial charge in [0.05, 0.1) is 17.1 Å². The van der Waals surface area contributed by atoms with Gasteiger partial charge in [-0.1, -0.05) is 0 Å². The largest absolute Gasteiger partial charge is 0.322 e. The van der Waals surface area contributed by atoms with Crippen LogP contribution in [0.25, 0.3) is 11.0 Å². The van der Waals surface area contributed by atoms with E-state index in [4.69, 9.17) is 11.6 Å². The van der Waals surface area contributed by atoms with E-state index >= 15 is 0 Å². The number of aryl methyl sites for hydroxylation is 2. The van der Waals surface area contributed by atoms with E-state index in [0.717, 1.165) is 16.0 Å². The molecule has 2 aromatic heterocycles. The molecule has 0 fully saturated rings. The number of imidazole rings is 1. The number of fused-ring (bicyclic) bond motifs is 1. The van der Waals surface area contributed by atoms with E-state index in [0.29, 0.717) is 30.2 Å². The molecule has 0 aliphatic heterocycles. The van der Waals surface area contributed by atoms with Crippen LogP contribution in [0.2, 0.25) is 0 Å². The van der Waals surface area contributed by atoms with Crippen molar-refractivity contribution >= 4 is 34.0 Å². The molecule has 0 spiro atoms. The summed E-state index contributed by atoms with van der Waals surface area (Å²) in [5, 5.41) is 0.950. The van der Waals surface area contributed by atoms with Gasteiger partial charge in [-0.15, -0.1) is 22.9 Å². The van der Waals surface area contributed by atoms with E-state index in [-0.39, 0.29) is 5.52 Å². The Kier molecular flexibility index (Phi) is 3.91. The highest BCUT2D eigenvalue weighted by molar-refractivity contribution is 7.11. The van der Waals surface area contributed by atoms with Crippen molar-refractivity contribution in [2.75, 3.05) is 5.88 Å². The lowest BCUT2D eigenvalue weighted by Gasteiger charge is -2.06. The fourth-order valence-electron chi connectivity index (χ4n) is 2.28. The van der Waals surface area contributed by atoms with E-state index in [9.17, 15) is 8.78 Å². The highest BCUT2D eigenvalue weighted by Crippen LogP contribution is 2.24. The average Bonchev–Trinajstić information content (AvgIpc) is 2.97. The van der Waals surface area contributed by atoms with Crippen LogP contribution in [-0.4, -0.2) is 20.4 Å². The maximum absolute atomic E-state index is 13.9. The summed E-state index contributed by atoms with van der Waals surface area (Å²) in [4.78, 5) is 9.47. The van der Waals surface area contributed by atoms with Crippen LogP contribution in [0.4, 0.5) is 8.78 Å². The van der Waals surface area contributed by atoms with Crippen LogP contribution in [-0.2, 0) is 13.0 Å². The number of hydrogen-bond acceptors (Lipinski definition) is 3. The Hall–Kier alpha value is -1.53. The standard InChI is InChI=1S/C14H12ClF2N3S/c1-8-18-6-10(21-8)7-20-12-5-9(16)4-11(17)14(12)19-13(20)2-3-15/h4-6H,2-3,7H2,1H3. The molecule has 0 aliphatic carbocycles. The maximum Gasteiger partial charge on any atom is 0.153 e. The van der Waals surface area contributed by atoms with Crippen LogP contribution in [0, 0.1) is 18.6 Å². The summed E-state index contributed by atoms with van der Waals surface area (Å²) in [6.45, 7) is 2.40. The molecule has 0 bridgehead atoms. The van der Waals surface area contributed by atoms with Crippen LogP contribution in [0.1, 0.15) is 15.7 Å². The zero-order chi connectivity index (χ0) is 15.0. The number of thiazole rings is 1. The van der Waals surface area contributed by atoms with Gasteiger partial charge in [0.2, 0.25) is 0 Å². The van der Waals surface area contributed by atoms with Gasteiger partial charge in [0.15, 0.2) is 5.82 Å². The molecule has 0 atom stereocenters. The number of hydrogen-bond donors (Lipinski definition) is 0. The third-order valence-corrected chi connectivity index (χ3v) is 4.24. The van der Waals surface area contributed by atoms with Gasteiger partial charge in [0.1, 0.15) is 17.2 Å². The molecule has 0 unspecified atom stereocenters. The van der Waals surface area contributed by atoms with Crippen molar-refractivity contribution in [3.8, 4) is 0 Å². The molecule has 0 aliphatic rings. The molecule has 110 valence electrons. The summed E-state index contributed by atoms with van der Waals surface area (Å²) < 4.78 is 29.2. The van der Waals surface area contributed by atoms with Crippen LogP contribution in [0.5, 0.6) is 0 Å². The molecular formula is C14H12ClF2N3S. The molecule has 21 heavy (non-hydrogen) atoms. The lowest BCUT2D eigenvalue weighted by molar-refractivity contribution is 0.590. The molecule has 2 heterocycles. The monoisotopic (exact) mass is 327 g/mol. The summed E-state index contributed by atoms with van der Waals surface area (Å²) >= 11 is 7.33. The molecule has 0 saturated carbocycles. The fourth-order valence-corrected chi connectivity index (χ4v) is 3.24. The van der Waals surface area contributed by atoms with E-state index in [1.807, 2.05) is 6.92 Å². The molecule has 7 heteroatoms. The Morgan fingerprint density at radius 1 is 1.33 bits per heavy atom. The Morgan fingerprint density at radius 2 is 2.14 bits per heavy atom. The van der Waals surface area contributed by atoms with Crippen LogP contribution >= 0.6 is 22.9 Å². The van der Waals surface area contributed by atoms with Crippen molar-refractivity contribution in [1.29, 1.82) is 0 Å². The third-order valence-electron chi connectivity index (χ3n) is 3.15. The second-order valence-electron chi connectivity index (χ2n) is 4.65. The molecule has 3 nitrogen and oxygen atoms in total. The van der Waals surface area contributed by atoms with Crippen LogP contribution in [0.3, 0.4) is 0 Å². The fraction of sp³-hybridized carbons (Fsp3) is 0.286.